The van der Waals surface area contributed by atoms with Gasteiger partial charge in [0.05, 0.1) is 11.4 Å². The number of hydrogen-bond donors (Lipinski definition) is 3. The van der Waals surface area contributed by atoms with E-state index in [1.807, 2.05) is 0 Å². The summed E-state index contributed by atoms with van der Waals surface area (Å²) < 4.78 is 68.4. The van der Waals surface area contributed by atoms with Crippen molar-refractivity contribution in [3.05, 3.63) is 80.7 Å². The number of aromatic nitrogens is 2. The lowest BCUT2D eigenvalue weighted by Crippen LogP contribution is -2.42. The van der Waals surface area contributed by atoms with Crippen LogP contribution in [0.4, 0.5) is 22.0 Å². The van der Waals surface area contributed by atoms with E-state index in [-0.39, 0.29) is 40.5 Å². The van der Waals surface area contributed by atoms with Crippen molar-refractivity contribution >= 4 is 27.6 Å². The van der Waals surface area contributed by atoms with Crippen LogP contribution in [-0.2, 0) is 6.54 Å². The lowest BCUT2D eigenvalue weighted by atomic mass is 9.93. The molecule has 4 aromatic rings. The minimum atomic E-state index is -2.94. The van der Waals surface area contributed by atoms with Gasteiger partial charge in [-0.2, -0.15) is 0 Å². The highest BCUT2D eigenvalue weighted by molar-refractivity contribution is 5.99. The maximum absolute atomic E-state index is 14.1. The molecule has 0 aliphatic carbocycles. The molecule has 0 fully saturated rings. The van der Waals surface area contributed by atoms with E-state index < -0.39 is 46.9 Å². The monoisotopic (exact) mass is 476 g/mol. The smallest absolute Gasteiger partial charge is 0.270 e. The molecule has 3 heterocycles. The number of halogens is 5. The highest BCUT2D eigenvalue weighted by atomic mass is 19.3. The van der Waals surface area contributed by atoms with Crippen molar-refractivity contribution in [3.63, 3.8) is 0 Å². The van der Waals surface area contributed by atoms with E-state index in [9.17, 15) is 31.5 Å². The number of benzene rings is 2. The Morgan fingerprint density at radius 3 is 2.41 bits per heavy atom. The molecule has 2 aromatic carbocycles. The lowest BCUT2D eigenvalue weighted by molar-refractivity contribution is 0.0718. The number of amides is 1. The number of carbonyl (C=O) groups excluding carboxylic acids is 1. The molecule has 176 valence electrons. The number of aromatic amines is 2. The van der Waals surface area contributed by atoms with Gasteiger partial charge in [-0.1, -0.05) is 0 Å². The third-order valence-electron chi connectivity index (χ3n) is 6.15. The fourth-order valence-corrected chi connectivity index (χ4v) is 4.53. The Bertz CT molecular complexity index is 1530. The van der Waals surface area contributed by atoms with Crippen LogP contribution in [-0.4, -0.2) is 34.4 Å². The predicted octanol–water partition coefficient (Wildman–Crippen LogP) is 4.28. The molecule has 6 nitrogen and oxygen atoms in total. The Morgan fingerprint density at radius 2 is 1.71 bits per heavy atom. The molecule has 0 spiro atoms. The van der Waals surface area contributed by atoms with Crippen LogP contribution in [0.5, 0.6) is 0 Å². The molecule has 34 heavy (non-hydrogen) atoms. The number of fused-ring (bicyclic) bond motifs is 4. The van der Waals surface area contributed by atoms with Crippen LogP contribution in [0, 0.1) is 17.5 Å². The zero-order valence-corrected chi connectivity index (χ0v) is 17.6. The molecule has 1 aliphatic heterocycles. The quantitative estimate of drug-likeness (QED) is 0.386. The van der Waals surface area contributed by atoms with E-state index in [0.29, 0.717) is 11.3 Å². The topological polar surface area (TPSA) is 81.0 Å². The number of H-pyrrole nitrogens is 2. The normalized spacial score (nSPS) is 15.8. The van der Waals surface area contributed by atoms with Crippen molar-refractivity contribution in [2.45, 2.75) is 19.0 Å². The molecule has 2 aromatic heterocycles. The van der Waals surface area contributed by atoms with Crippen LogP contribution < -0.4 is 10.9 Å². The van der Waals surface area contributed by atoms with Crippen LogP contribution in [0.3, 0.4) is 0 Å². The molecule has 1 amide bonds. The number of carbonyl (C=O) groups is 1. The molecular weight excluding hydrogens is 459 g/mol. The minimum Gasteiger partial charge on any atom is -0.350 e. The van der Waals surface area contributed by atoms with E-state index in [0.717, 1.165) is 24.3 Å². The maximum atomic E-state index is 14.1. The summed E-state index contributed by atoms with van der Waals surface area (Å²) in [5.41, 5.74) is -0.291. The summed E-state index contributed by atoms with van der Waals surface area (Å²) in [5, 5.41) is 3.19. The second-order valence-corrected chi connectivity index (χ2v) is 8.16. The molecule has 1 aliphatic rings. The van der Waals surface area contributed by atoms with Gasteiger partial charge < -0.3 is 20.2 Å². The first kappa shape index (κ1) is 22.1. The van der Waals surface area contributed by atoms with Gasteiger partial charge in [-0.05, 0) is 35.7 Å². The van der Waals surface area contributed by atoms with E-state index >= 15 is 0 Å². The molecule has 0 bridgehead atoms. The molecule has 1 unspecified atom stereocenters. The average molecular weight is 476 g/mol. The Balaban J connectivity index is 1.61. The molecule has 0 saturated heterocycles. The Hall–Kier alpha value is -3.73. The van der Waals surface area contributed by atoms with Gasteiger partial charge in [0.15, 0.2) is 11.6 Å². The fraction of sp³-hybridized carbons (Fsp3) is 0.217. The van der Waals surface area contributed by atoms with Crippen molar-refractivity contribution in [1.29, 1.82) is 0 Å². The second kappa shape index (κ2) is 7.94. The number of rotatable bonds is 3. The number of likely N-dealkylation sites (N-methyl/N-ethyl adjacent to an activating group) is 1. The van der Waals surface area contributed by atoms with Crippen molar-refractivity contribution in [1.82, 2.24) is 20.2 Å². The van der Waals surface area contributed by atoms with Gasteiger partial charge in [-0.3, -0.25) is 9.59 Å². The number of nitrogens with zero attached hydrogens (tertiary/aromatic N) is 1. The number of hydrogen-bond acceptors (Lipinski definition) is 3. The van der Waals surface area contributed by atoms with Crippen LogP contribution in [0.1, 0.15) is 39.8 Å². The van der Waals surface area contributed by atoms with E-state index in [2.05, 4.69) is 15.3 Å². The molecular formula is C23H17F5N4O2. The summed E-state index contributed by atoms with van der Waals surface area (Å²) in [6.45, 7) is 0.466. The first-order valence-corrected chi connectivity index (χ1v) is 10.3. The molecule has 11 heteroatoms. The van der Waals surface area contributed by atoms with Gasteiger partial charge in [0.25, 0.3) is 17.9 Å². The number of alkyl halides is 2. The van der Waals surface area contributed by atoms with Crippen LogP contribution in [0.25, 0.3) is 21.7 Å². The fourth-order valence-electron chi connectivity index (χ4n) is 4.53. The summed E-state index contributed by atoms with van der Waals surface area (Å²) in [5.74, 6) is -3.78. The van der Waals surface area contributed by atoms with Crippen molar-refractivity contribution in [2.24, 2.45) is 0 Å². The first-order chi connectivity index (χ1) is 16.2. The Morgan fingerprint density at radius 1 is 1.00 bits per heavy atom. The van der Waals surface area contributed by atoms with Crippen LogP contribution in [0.15, 0.2) is 35.1 Å². The third kappa shape index (κ3) is 3.43. The van der Waals surface area contributed by atoms with E-state index in [1.165, 1.54) is 18.0 Å². The number of nitrogens with one attached hydrogen (secondary N) is 3. The van der Waals surface area contributed by atoms with Gasteiger partial charge in [-0.15, -0.1) is 0 Å². The second-order valence-electron chi connectivity index (χ2n) is 8.16. The summed E-state index contributed by atoms with van der Waals surface area (Å²) >= 11 is 0. The zero-order chi connectivity index (χ0) is 24.3. The molecule has 3 N–H and O–H groups in total. The van der Waals surface area contributed by atoms with Crippen LogP contribution in [0.2, 0.25) is 0 Å². The standard InChI is InChI=1S/C23H17F5N4O2/c1-32(23(34)17-6-10-12(21(27)28)2-9(24)3-16(10)30-17)19-8-29-7-18-20(19)11-4-14(25)15(26)5-13(11)22(33)31-18/h2-6,19,21,29-30H,7-8H2,1H3,(H,31,33). The zero-order valence-electron chi connectivity index (χ0n) is 17.6. The van der Waals surface area contributed by atoms with Gasteiger partial charge in [-0.25, -0.2) is 22.0 Å². The van der Waals surface area contributed by atoms with Crippen LogP contribution >= 0.6 is 0 Å². The van der Waals surface area contributed by atoms with Crippen molar-refractivity contribution in [2.75, 3.05) is 13.6 Å². The van der Waals surface area contributed by atoms with Crippen molar-refractivity contribution in [3.8, 4) is 0 Å². The molecule has 5 rings (SSSR count). The summed E-state index contributed by atoms with van der Waals surface area (Å²) in [6.07, 6.45) is -2.94. The summed E-state index contributed by atoms with van der Waals surface area (Å²) in [6, 6.07) is 3.99. The maximum Gasteiger partial charge on any atom is 0.270 e. The first-order valence-electron chi connectivity index (χ1n) is 10.3. The van der Waals surface area contributed by atoms with E-state index in [4.69, 9.17) is 0 Å². The highest BCUT2D eigenvalue weighted by Gasteiger charge is 2.31. The van der Waals surface area contributed by atoms with Gasteiger partial charge in [0, 0.05) is 47.9 Å². The Labute approximate surface area is 188 Å². The van der Waals surface area contributed by atoms with Gasteiger partial charge in [0.2, 0.25) is 0 Å². The predicted molar refractivity (Wildman–Crippen MR) is 114 cm³/mol. The minimum absolute atomic E-state index is 0.0163. The molecule has 0 radical (unpaired) electrons. The summed E-state index contributed by atoms with van der Waals surface area (Å²) in [4.78, 5) is 32.3. The molecule has 1 atom stereocenters. The van der Waals surface area contributed by atoms with Gasteiger partial charge in [0.1, 0.15) is 11.5 Å². The molecule has 0 saturated carbocycles. The van der Waals surface area contributed by atoms with Gasteiger partial charge >= 0.3 is 0 Å². The third-order valence-corrected chi connectivity index (χ3v) is 6.15. The van der Waals surface area contributed by atoms with Crippen molar-refractivity contribution < 1.29 is 26.7 Å². The average Bonchev–Trinajstić information content (AvgIpc) is 3.22. The van der Waals surface area contributed by atoms with E-state index in [1.54, 1.807) is 0 Å². The lowest BCUT2D eigenvalue weighted by Gasteiger charge is -2.34. The summed E-state index contributed by atoms with van der Waals surface area (Å²) in [7, 11) is 1.46. The SMILES string of the molecule is CN(C(=O)c1cc2c(C(F)F)cc(F)cc2[nH]1)C1CNCc2[nH]c(=O)c3cc(F)c(F)cc3c21. The largest absolute Gasteiger partial charge is 0.350 e. The Kier molecular flexibility index (Phi) is 5.16. The number of pyridine rings is 1. The highest BCUT2D eigenvalue weighted by Crippen LogP contribution is 2.34.